The average molecular weight is 288 g/mol. The molecular weight excluding hydrogens is 270 g/mol. The molecule has 7 heteroatoms. The summed E-state index contributed by atoms with van der Waals surface area (Å²) in [6.45, 7) is 2.31. The highest BCUT2D eigenvalue weighted by Gasteiger charge is 2.19. The van der Waals surface area contributed by atoms with Crippen molar-refractivity contribution in [1.82, 2.24) is 5.32 Å². The van der Waals surface area contributed by atoms with Crippen molar-refractivity contribution in [1.29, 1.82) is 0 Å². The van der Waals surface area contributed by atoms with Gasteiger partial charge >= 0.3 is 6.03 Å². The Hall–Kier alpha value is -1.89. The zero-order valence-corrected chi connectivity index (χ0v) is 11.3. The fraction of sp³-hybridized carbons (Fsp3) is 0.462. The van der Waals surface area contributed by atoms with Crippen LogP contribution in [0.5, 0.6) is 5.75 Å². The number of halogens is 2. The predicted molar refractivity (Wildman–Crippen MR) is 71.3 cm³/mol. The Morgan fingerprint density at radius 2 is 2.05 bits per heavy atom. The maximum atomic E-state index is 12.1. The van der Waals surface area contributed by atoms with Crippen molar-refractivity contribution >= 4 is 11.7 Å². The van der Waals surface area contributed by atoms with Gasteiger partial charge in [-0.1, -0.05) is 12.1 Å². The molecule has 1 rings (SSSR count). The molecule has 112 valence electrons. The van der Waals surface area contributed by atoms with Gasteiger partial charge < -0.3 is 20.5 Å². The third kappa shape index (κ3) is 5.40. The second kappa shape index (κ2) is 7.04. The SMILES string of the molecule is CC(C)(CO)NC(=O)Nc1ccccc1OCC(F)F. The smallest absolute Gasteiger partial charge is 0.319 e. The van der Waals surface area contributed by atoms with Gasteiger partial charge in [0.05, 0.1) is 17.8 Å². The summed E-state index contributed by atoms with van der Waals surface area (Å²) in [4.78, 5) is 11.7. The second-order valence-corrected chi connectivity index (χ2v) is 4.82. The number of benzene rings is 1. The van der Waals surface area contributed by atoms with Crippen molar-refractivity contribution in [3.05, 3.63) is 24.3 Å². The Morgan fingerprint density at radius 1 is 1.40 bits per heavy atom. The molecule has 0 radical (unpaired) electrons. The molecule has 0 unspecified atom stereocenters. The van der Waals surface area contributed by atoms with E-state index < -0.39 is 24.6 Å². The van der Waals surface area contributed by atoms with E-state index in [9.17, 15) is 13.6 Å². The first kappa shape index (κ1) is 16.2. The molecule has 0 saturated carbocycles. The normalized spacial score (nSPS) is 11.3. The number of para-hydroxylation sites is 2. The van der Waals surface area contributed by atoms with Crippen molar-refractivity contribution < 1.29 is 23.4 Å². The zero-order chi connectivity index (χ0) is 15.2. The molecular formula is C13H18F2N2O3. The summed E-state index contributed by atoms with van der Waals surface area (Å²) >= 11 is 0. The van der Waals surface area contributed by atoms with Crippen LogP contribution in [0.15, 0.2) is 24.3 Å². The van der Waals surface area contributed by atoms with Crippen LogP contribution in [0.3, 0.4) is 0 Å². The number of anilines is 1. The molecule has 20 heavy (non-hydrogen) atoms. The van der Waals surface area contributed by atoms with E-state index in [1.54, 1.807) is 26.0 Å². The highest BCUT2D eigenvalue weighted by atomic mass is 19.3. The predicted octanol–water partition coefficient (Wildman–Crippen LogP) is 2.22. The molecule has 2 amide bonds. The summed E-state index contributed by atoms with van der Waals surface area (Å²) in [6.07, 6.45) is -2.59. The summed E-state index contributed by atoms with van der Waals surface area (Å²) in [5.74, 6) is 0.157. The number of carbonyl (C=O) groups is 1. The van der Waals surface area contributed by atoms with Crippen molar-refractivity contribution in [2.45, 2.75) is 25.8 Å². The van der Waals surface area contributed by atoms with Crippen LogP contribution in [-0.4, -0.2) is 36.3 Å². The fourth-order valence-corrected chi connectivity index (χ4v) is 1.35. The lowest BCUT2D eigenvalue weighted by Gasteiger charge is -2.24. The Labute approximate surface area is 115 Å². The molecule has 1 aromatic carbocycles. The molecule has 0 aliphatic rings. The molecule has 0 bridgehead atoms. The summed E-state index contributed by atoms with van der Waals surface area (Å²) in [5, 5.41) is 14.1. The molecule has 3 N–H and O–H groups in total. The van der Waals surface area contributed by atoms with Gasteiger partial charge in [0.1, 0.15) is 12.4 Å². The largest absolute Gasteiger partial charge is 0.485 e. The number of aliphatic hydroxyl groups is 1. The maximum Gasteiger partial charge on any atom is 0.319 e. The van der Waals surface area contributed by atoms with Crippen LogP contribution in [0.25, 0.3) is 0 Å². The molecule has 0 aliphatic carbocycles. The van der Waals surface area contributed by atoms with Crippen LogP contribution in [-0.2, 0) is 0 Å². The quantitative estimate of drug-likeness (QED) is 0.751. The molecule has 0 fully saturated rings. The van der Waals surface area contributed by atoms with Gasteiger partial charge in [-0.3, -0.25) is 0 Å². The number of urea groups is 1. The number of hydrogen-bond donors (Lipinski definition) is 3. The van der Waals surface area contributed by atoms with Crippen LogP contribution in [0, 0.1) is 0 Å². The summed E-state index contributed by atoms with van der Waals surface area (Å²) in [7, 11) is 0. The average Bonchev–Trinajstić information content (AvgIpc) is 2.37. The fourth-order valence-electron chi connectivity index (χ4n) is 1.35. The number of carbonyl (C=O) groups excluding carboxylic acids is 1. The third-order valence-electron chi connectivity index (χ3n) is 2.35. The number of ether oxygens (including phenoxy) is 1. The topological polar surface area (TPSA) is 70.6 Å². The van der Waals surface area contributed by atoms with E-state index >= 15 is 0 Å². The van der Waals surface area contributed by atoms with E-state index in [1.165, 1.54) is 12.1 Å². The van der Waals surface area contributed by atoms with E-state index in [1.807, 2.05) is 0 Å². The highest BCUT2D eigenvalue weighted by molar-refractivity contribution is 5.91. The van der Waals surface area contributed by atoms with Crippen molar-refractivity contribution in [3.63, 3.8) is 0 Å². The monoisotopic (exact) mass is 288 g/mol. The van der Waals surface area contributed by atoms with Crippen molar-refractivity contribution in [2.24, 2.45) is 0 Å². The number of amides is 2. The first-order valence-corrected chi connectivity index (χ1v) is 6.04. The van der Waals surface area contributed by atoms with Gasteiger partial charge in [0.2, 0.25) is 0 Å². The summed E-state index contributed by atoms with van der Waals surface area (Å²) in [5.41, 5.74) is -0.512. The second-order valence-electron chi connectivity index (χ2n) is 4.82. The first-order chi connectivity index (χ1) is 9.34. The molecule has 0 heterocycles. The third-order valence-corrected chi connectivity index (χ3v) is 2.35. The molecule has 0 aromatic heterocycles. The van der Waals surface area contributed by atoms with Crippen molar-refractivity contribution in [3.8, 4) is 5.75 Å². The van der Waals surface area contributed by atoms with Crippen LogP contribution < -0.4 is 15.4 Å². The minimum absolute atomic E-state index is 0.157. The lowest BCUT2D eigenvalue weighted by atomic mass is 10.1. The molecule has 0 atom stereocenters. The van der Waals surface area contributed by atoms with E-state index in [2.05, 4.69) is 10.6 Å². The van der Waals surface area contributed by atoms with Crippen LogP contribution in [0.2, 0.25) is 0 Å². The number of nitrogens with one attached hydrogen (secondary N) is 2. The minimum Gasteiger partial charge on any atom is -0.485 e. The Kier molecular flexibility index (Phi) is 5.69. The van der Waals surface area contributed by atoms with Gasteiger partial charge in [0.15, 0.2) is 0 Å². The standard InChI is InChI=1S/C13H18F2N2O3/c1-13(2,8-18)17-12(19)16-9-5-3-4-6-10(9)20-7-11(14)15/h3-6,11,18H,7-8H2,1-2H3,(H2,16,17,19). The zero-order valence-electron chi connectivity index (χ0n) is 11.3. The van der Waals surface area contributed by atoms with Crippen LogP contribution in [0.1, 0.15) is 13.8 Å². The number of rotatable bonds is 6. The number of aliphatic hydroxyl groups excluding tert-OH is 1. The molecule has 0 saturated heterocycles. The molecule has 0 spiro atoms. The molecule has 0 aliphatic heterocycles. The Morgan fingerprint density at radius 3 is 2.65 bits per heavy atom. The van der Waals surface area contributed by atoms with E-state index in [0.717, 1.165) is 0 Å². The van der Waals surface area contributed by atoms with Gasteiger partial charge in [-0.05, 0) is 26.0 Å². The minimum atomic E-state index is -2.59. The first-order valence-electron chi connectivity index (χ1n) is 6.04. The van der Waals surface area contributed by atoms with Crippen LogP contribution >= 0.6 is 0 Å². The van der Waals surface area contributed by atoms with Crippen molar-refractivity contribution in [2.75, 3.05) is 18.5 Å². The van der Waals surface area contributed by atoms with Gasteiger partial charge in [-0.2, -0.15) is 0 Å². The summed E-state index contributed by atoms with van der Waals surface area (Å²) in [6, 6.07) is 5.71. The summed E-state index contributed by atoms with van der Waals surface area (Å²) < 4.78 is 29.2. The van der Waals surface area contributed by atoms with E-state index in [4.69, 9.17) is 9.84 Å². The van der Waals surface area contributed by atoms with Gasteiger partial charge in [-0.25, -0.2) is 13.6 Å². The van der Waals surface area contributed by atoms with E-state index in [0.29, 0.717) is 0 Å². The van der Waals surface area contributed by atoms with Gasteiger partial charge in [0.25, 0.3) is 6.43 Å². The lowest BCUT2D eigenvalue weighted by molar-refractivity contribution is 0.0822. The molecule has 1 aromatic rings. The molecule has 5 nitrogen and oxygen atoms in total. The van der Waals surface area contributed by atoms with Gasteiger partial charge in [-0.15, -0.1) is 0 Å². The Bertz CT molecular complexity index is 453. The number of hydrogen-bond acceptors (Lipinski definition) is 3. The highest BCUT2D eigenvalue weighted by Crippen LogP contribution is 2.24. The van der Waals surface area contributed by atoms with Crippen LogP contribution in [0.4, 0.5) is 19.3 Å². The maximum absolute atomic E-state index is 12.1. The van der Waals surface area contributed by atoms with Gasteiger partial charge in [0, 0.05) is 0 Å². The van der Waals surface area contributed by atoms with E-state index in [-0.39, 0.29) is 18.0 Å². The lowest BCUT2D eigenvalue weighted by Crippen LogP contribution is -2.48. The Balaban J connectivity index is 2.69. The number of alkyl halides is 2.